The molecule has 88 valence electrons. The van der Waals surface area contributed by atoms with Gasteiger partial charge in [-0.2, -0.15) is 0 Å². The van der Waals surface area contributed by atoms with E-state index < -0.39 is 0 Å². The molecule has 0 bridgehead atoms. The molecule has 0 aliphatic heterocycles. The number of rotatable bonds is 4. The summed E-state index contributed by atoms with van der Waals surface area (Å²) in [6.45, 7) is 0.555. The molecule has 0 aromatic heterocycles. The van der Waals surface area contributed by atoms with Crippen LogP contribution in [0.25, 0.3) is 0 Å². The van der Waals surface area contributed by atoms with E-state index in [1.54, 1.807) is 12.1 Å². The van der Waals surface area contributed by atoms with Gasteiger partial charge in [0.15, 0.2) is 11.5 Å². The molecule has 0 fully saturated rings. The van der Waals surface area contributed by atoms with Crippen molar-refractivity contribution in [3.05, 3.63) is 58.6 Å². The summed E-state index contributed by atoms with van der Waals surface area (Å²) in [5.41, 5.74) is 1.23. The monoisotopic (exact) mass is 292 g/mol. The second-order valence-electron chi connectivity index (χ2n) is 3.70. The van der Waals surface area contributed by atoms with E-state index in [1.807, 2.05) is 24.3 Å². The molecule has 2 nitrogen and oxygen atoms in total. The lowest BCUT2D eigenvalue weighted by Crippen LogP contribution is -2.01. The highest BCUT2D eigenvalue weighted by Crippen LogP contribution is 2.28. The maximum Gasteiger partial charge on any atom is 0.161 e. The SMILES string of the molecule is Oc1cc(Br)ccc1OCCc1ccccc1. The van der Waals surface area contributed by atoms with Crippen molar-refractivity contribution in [2.45, 2.75) is 6.42 Å². The summed E-state index contributed by atoms with van der Waals surface area (Å²) >= 11 is 3.29. The van der Waals surface area contributed by atoms with Gasteiger partial charge in [0, 0.05) is 10.9 Å². The lowest BCUT2D eigenvalue weighted by Gasteiger charge is -2.08. The Labute approximate surface area is 109 Å². The van der Waals surface area contributed by atoms with Crippen LogP contribution in [0.15, 0.2) is 53.0 Å². The molecule has 0 aliphatic carbocycles. The van der Waals surface area contributed by atoms with Crippen LogP contribution in [-0.2, 0) is 6.42 Å². The predicted molar refractivity (Wildman–Crippen MR) is 71.4 cm³/mol. The van der Waals surface area contributed by atoms with Crippen LogP contribution >= 0.6 is 15.9 Å². The van der Waals surface area contributed by atoms with Gasteiger partial charge in [0.05, 0.1) is 6.61 Å². The Bertz CT molecular complexity index is 483. The van der Waals surface area contributed by atoms with Crippen molar-refractivity contribution >= 4 is 15.9 Å². The molecule has 0 spiro atoms. The van der Waals surface area contributed by atoms with Crippen molar-refractivity contribution in [2.24, 2.45) is 0 Å². The van der Waals surface area contributed by atoms with E-state index in [0.29, 0.717) is 12.4 Å². The minimum absolute atomic E-state index is 0.160. The Hall–Kier alpha value is -1.48. The number of aromatic hydroxyl groups is 1. The van der Waals surface area contributed by atoms with Crippen LogP contribution in [0.4, 0.5) is 0 Å². The molecule has 0 saturated heterocycles. The first kappa shape index (κ1) is 12.0. The normalized spacial score (nSPS) is 10.2. The van der Waals surface area contributed by atoms with Crippen LogP contribution < -0.4 is 4.74 Å². The summed E-state index contributed by atoms with van der Waals surface area (Å²) in [7, 11) is 0. The average molecular weight is 293 g/mol. The van der Waals surface area contributed by atoms with Gasteiger partial charge in [0.25, 0.3) is 0 Å². The van der Waals surface area contributed by atoms with Crippen molar-refractivity contribution in [3.8, 4) is 11.5 Å². The number of hydrogen-bond donors (Lipinski definition) is 1. The molecule has 0 unspecified atom stereocenters. The maximum atomic E-state index is 9.63. The zero-order chi connectivity index (χ0) is 12.1. The van der Waals surface area contributed by atoms with Crippen molar-refractivity contribution in [3.63, 3.8) is 0 Å². The van der Waals surface area contributed by atoms with E-state index in [0.717, 1.165) is 10.9 Å². The number of hydrogen-bond acceptors (Lipinski definition) is 2. The molecule has 3 heteroatoms. The van der Waals surface area contributed by atoms with E-state index in [9.17, 15) is 5.11 Å². The third-order valence-corrected chi connectivity index (χ3v) is 2.91. The lowest BCUT2D eigenvalue weighted by atomic mass is 10.2. The first-order valence-electron chi connectivity index (χ1n) is 5.41. The molecule has 2 aromatic carbocycles. The molecular weight excluding hydrogens is 280 g/mol. The second kappa shape index (κ2) is 5.73. The molecule has 0 heterocycles. The molecule has 1 N–H and O–H groups in total. The van der Waals surface area contributed by atoms with Gasteiger partial charge in [0.1, 0.15) is 0 Å². The first-order chi connectivity index (χ1) is 8.25. The van der Waals surface area contributed by atoms with Gasteiger partial charge in [-0.15, -0.1) is 0 Å². The van der Waals surface area contributed by atoms with Crippen molar-refractivity contribution < 1.29 is 9.84 Å². The summed E-state index contributed by atoms with van der Waals surface area (Å²) in [5.74, 6) is 0.677. The third kappa shape index (κ3) is 3.49. The minimum Gasteiger partial charge on any atom is -0.504 e. The highest BCUT2D eigenvalue weighted by Gasteiger charge is 2.02. The van der Waals surface area contributed by atoms with Gasteiger partial charge in [-0.3, -0.25) is 0 Å². The van der Waals surface area contributed by atoms with Gasteiger partial charge in [-0.25, -0.2) is 0 Å². The van der Waals surface area contributed by atoms with E-state index in [1.165, 1.54) is 5.56 Å². The topological polar surface area (TPSA) is 29.5 Å². The quantitative estimate of drug-likeness (QED) is 0.929. The Morgan fingerprint density at radius 3 is 2.53 bits per heavy atom. The molecule has 0 saturated carbocycles. The molecule has 0 radical (unpaired) electrons. The molecule has 0 atom stereocenters. The van der Waals surface area contributed by atoms with Gasteiger partial charge in [-0.05, 0) is 23.8 Å². The summed E-state index contributed by atoms with van der Waals surface area (Å²) < 4.78 is 6.36. The number of phenols is 1. The molecule has 0 aliphatic rings. The van der Waals surface area contributed by atoms with E-state index in [2.05, 4.69) is 28.1 Å². The zero-order valence-electron chi connectivity index (χ0n) is 9.27. The van der Waals surface area contributed by atoms with Gasteiger partial charge in [0.2, 0.25) is 0 Å². The number of halogens is 1. The summed E-state index contributed by atoms with van der Waals surface area (Å²) in [6.07, 6.45) is 0.830. The zero-order valence-corrected chi connectivity index (χ0v) is 10.9. The largest absolute Gasteiger partial charge is 0.504 e. The lowest BCUT2D eigenvalue weighted by molar-refractivity contribution is 0.303. The molecule has 2 rings (SSSR count). The van der Waals surface area contributed by atoms with Crippen LogP contribution in [0.5, 0.6) is 11.5 Å². The number of ether oxygens (including phenoxy) is 1. The Balaban J connectivity index is 1.90. The fourth-order valence-electron chi connectivity index (χ4n) is 1.54. The van der Waals surface area contributed by atoms with Gasteiger partial charge in [-0.1, -0.05) is 46.3 Å². The van der Waals surface area contributed by atoms with Crippen LogP contribution in [0.3, 0.4) is 0 Å². The maximum absolute atomic E-state index is 9.63. The Morgan fingerprint density at radius 1 is 1.06 bits per heavy atom. The number of phenolic OH excluding ortho intramolecular Hbond substituents is 1. The van der Waals surface area contributed by atoms with Gasteiger partial charge < -0.3 is 9.84 Å². The third-order valence-electron chi connectivity index (χ3n) is 2.41. The summed E-state index contributed by atoms with van der Waals surface area (Å²) in [4.78, 5) is 0. The van der Waals surface area contributed by atoms with E-state index >= 15 is 0 Å². The Kier molecular flexibility index (Phi) is 4.04. The molecule has 2 aromatic rings. The van der Waals surface area contributed by atoms with Crippen LogP contribution in [0.1, 0.15) is 5.56 Å². The van der Waals surface area contributed by atoms with E-state index in [4.69, 9.17) is 4.74 Å². The van der Waals surface area contributed by atoms with Crippen molar-refractivity contribution in [1.82, 2.24) is 0 Å². The van der Waals surface area contributed by atoms with Gasteiger partial charge >= 0.3 is 0 Å². The smallest absolute Gasteiger partial charge is 0.161 e. The fourth-order valence-corrected chi connectivity index (χ4v) is 1.89. The summed E-state index contributed by atoms with van der Waals surface area (Å²) in [6, 6.07) is 15.3. The first-order valence-corrected chi connectivity index (χ1v) is 6.20. The van der Waals surface area contributed by atoms with Crippen LogP contribution in [-0.4, -0.2) is 11.7 Å². The Morgan fingerprint density at radius 2 is 1.82 bits per heavy atom. The van der Waals surface area contributed by atoms with Crippen molar-refractivity contribution in [1.29, 1.82) is 0 Å². The van der Waals surface area contributed by atoms with Crippen LogP contribution in [0.2, 0.25) is 0 Å². The van der Waals surface area contributed by atoms with E-state index in [-0.39, 0.29) is 5.75 Å². The highest BCUT2D eigenvalue weighted by molar-refractivity contribution is 9.10. The standard InChI is InChI=1S/C14H13BrO2/c15-12-6-7-14(13(16)10-12)17-9-8-11-4-2-1-3-5-11/h1-7,10,16H,8-9H2. The second-order valence-corrected chi connectivity index (χ2v) is 4.61. The molecule has 0 amide bonds. The average Bonchev–Trinajstić information content (AvgIpc) is 2.33. The van der Waals surface area contributed by atoms with Crippen LogP contribution in [0, 0.1) is 0 Å². The summed E-state index contributed by atoms with van der Waals surface area (Å²) in [5, 5.41) is 9.63. The molecular formula is C14H13BrO2. The fraction of sp³-hybridized carbons (Fsp3) is 0.143. The highest BCUT2D eigenvalue weighted by atomic mass is 79.9. The predicted octanol–water partition coefficient (Wildman–Crippen LogP) is 3.78. The number of benzene rings is 2. The van der Waals surface area contributed by atoms with Crippen molar-refractivity contribution in [2.75, 3.05) is 6.61 Å². The minimum atomic E-state index is 0.160. The molecule has 17 heavy (non-hydrogen) atoms.